The predicted molar refractivity (Wildman–Crippen MR) is 98.2 cm³/mol. The maximum absolute atomic E-state index is 5.39. The zero-order valence-corrected chi connectivity index (χ0v) is 15.0. The SMILES string of the molecule is Cc1c(Br)cc(Nc2ccc(N3CCOCC3)cn2)c2nccn12. The van der Waals surface area contributed by atoms with E-state index in [0.717, 1.165) is 59.3 Å². The van der Waals surface area contributed by atoms with Crippen LogP contribution in [0, 0.1) is 6.92 Å². The number of nitrogens with one attached hydrogen (secondary N) is 1. The van der Waals surface area contributed by atoms with E-state index in [-0.39, 0.29) is 0 Å². The van der Waals surface area contributed by atoms with Crippen molar-refractivity contribution in [3.63, 3.8) is 0 Å². The molecule has 0 aromatic carbocycles. The molecule has 0 amide bonds. The van der Waals surface area contributed by atoms with Gasteiger partial charge in [0.05, 0.1) is 30.8 Å². The van der Waals surface area contributed by atoms with Gasteiger partial charge in [-0.3, -0.25) is 0 Å². The average Bonchev–Trinajstić information content (AvgIpc) is 3.11. The lowest BCUT2D eigenvalue weighted by Gasteiger charge is -2.28. The topological polar surface area (TPSA) is 54.7 Å². The van der Waals surface area contributed by atoms with Crippen LogP contribution in [0.2, 0.25) is 0 Å². The van der Waals surface area contributed by atoms with Crippen LogP contribution in [0.1, 0.15) is 5.69 Å². The number of anilines is 3. The van der Waals surface area contributed by atoms with Gasteiger partial charge in [-0.25, -0.2) is 9.97 Å². The highest BCUT2D eigenvalue weighted by Crippen LogP contribution is 2.27. The molecule has 1 aliphatic rings. The van der Waals surface area contributed by atoms with Gasteiger partial charge < -0.3 is 19.4 Å². The number of aryl methyl sites for hydroxylation is 1. The lowest BCUT2D eigenvalue weighted by atomic mass is 10.3. The molecule has 0 unspecified atom stereocenters. The number of aromatic nitrogens is 3. The molecule has 4 rings (SSSR count). The van der Waals surface area contributed by atoms with Crippen LogP contribution in [0.15, 0.2) is 41.3 Å². The number of hydrogen-bond acceptors (Lipinski definition) is 5. The van der Waals surface area contributed by atoms with Crippen LogP contribution in [0.25, 0.3) is 5.65 Å². The van der Waals surface area contributed by atoms with Crippen molar-refractivity contribution in [3.05, 3.63) is 47.0 Å². The number of halogens is 1. The van der Waals surface area contributed by atoms with E-state index < -0.39 is 0 Å². The zero-order valence-electron chi connectivity index (χ0n) is 13.4. The van der Waals surface area contributed by atoms with Gasteiger partial charge in [0.15, 0.2) is 5.65 Å². The molecule has 0 spiro atoms. The summed E-state index contributed by atoms with van der Waals surface area (Å²) in [5.74, 6) is 0.799. The normalized spacial score (nSPS) is 15.0. The Balaban J connectivity index is 1.59. The maximum Gasteiger partial charge on any atom is 0.160 e. The van der Waals surface area contributed by atoms with E-state index in [4.69, 9.17) is 4.74 Å². The second-order valence-corrected chi connectivity index (χ2v) is 6.59. The van der Waals surface area contributed by atoms with Crippen LogP contribution in [0.4, 0.5) is 17.2 Å². The molecule has 0 saturated carbocycles. The number of ether oxygens (including phenoxy) is 1. The first-order valence-corrected chi connectivity index (χ1v) is 8.69. The summed E-state index contributed by atoms with van der Waals surface area (Å²) < 4.78 is 8.47. The minimum atomic E-state index is 0.773. The Kier molecular flexibility index (Phi) is 4.12. The molecule has 0 bridgehead atoms. The third kappa shape index (κ3) is 2.85. The summed E-state index contributed by atoms with van der Waals surface area (Å²) in [7, 11) is 0. The van der Waals surface area contributed by atoms with Crippen molar-refractivity contribution in [2.24, 2.45) is 0 Å². The Bertz CT molecular complexity index is 855. The second kappa shape index (κ2) is 6.41. The monoisotopic (exact) mass is 387 g/mol. The fourth-order valence-corrected chi connectivity index (χ4v) is 3.30. The number of rotatable bonds is 3. The fraction of sp³-hybridized carbons (Fsp3) is 0.294. The number of nitrogens with zero attached hydrogens (tertiary/aromatic N) is 4. The largest absolute Gasteiger partial charge is 0.378 e. The molecule has 1 N–H and O–H groups in total. The Morgan fingerprint density at radius 3 is 2.79 bits per heavy atom. The van der Waals surface area contributed by atoms with E-state index in [2.05, 4.69) is 53.5 Å². The molecule has 7 heteroatoms. The quantitative estimate of drug-likeness (QED) is 0.746. The van der Waals surface area contributed by atoms with Gasteiger partial charge in [0.2, 0.25) is 0 Å². The summed E-state index contributed by atoms with van der Waals surface area (Å²) in [6.07, 6.45) is 5.66. The van der Waals surface area contributed by atoms with Crippen LogP contribution in [-0.4, -0.2) is 40.7 Å². The standard InChI is InChI=1S/C17H18BrN5O/c1-12-14(18)10-15(17-19-4-5-23(12)17)21-16-3-2-13(11-20-16)22-6-8-24-9-7-22/h2-5,10-11H,6-9H2,1H3,(H,20,21). The Morgan fingerprint density at radius 2 is 2.04 bits per heavy atom. The van der Waals surface area contributed by atoms with Gasteiger partial charge in [-0.1, -0.05) is 0 Å². The van der Waals surface area contributed by atoms with E-state index in [1.807, 2.05) is 24.5 Å². The summed E-state index contributed by atoms with van der Waals surface area (Å²) in [4.78, 5) is 11.3. The van der Waals surface area contributed by atoms with Crippen LogP contribution >= 0.6 is 15.9 Å². The molecule has 124 valence electrons. The van der Waals surface area contributed by atoms with E-state index >= 15 is 0 Å². The van der Waals surface area contributed by atoms with E-state index in [9.17, 15) is 0 Å². The molecular weight excluding hydrogens is 370 g/mol. The summed E-state index contributed by atoms with van der Waals surface area (Å²) in [5.41, 5.74) is 4.04. The number of pyridine rings is 2. The van der Waals surface area contributed by atoms with E-state index in [1.54, 1.807) is 6.20 Å². The molecule has 6 nitrogen and oxygen atoms in total. The van der Waals surface area contributed by atoms with Gasteiger partial charge in [-0.2, -0.15) is 0 Å². The molecule has 0 aliphatic carbocycles. The minimum absolute atomic E-state index is 0.773. The van der Waals surface area contributed by atoms with Crippen molar-refractivity contribution in [1.29, 1.82) is 0 Å². The third-order valence-corrected chi connectivity index (χ3v) is 5.05. The summed E-state index contributed by atoms with van der Waals surface area (Å²) in [6, 6.07) is 6.12. The Labute approximate surface area is 148 Å². The van der Waals surface area contributed by atoms with Crippen molar-refractivity contribution in [3.8, 4) is 0 Å². The molecule has 3 aromatic rings. The third-order valence-electron chi connectivity index (χ3n) is 4.25. The van der Waals surface area contributed by atoms with Gasteiger partial charge in [-0.15, -0.1) is 0 Å². The molecule has 0 radical (unpaired) electrons. The first-order valence-electron chi connectivity index (χ1n) is 7.90. The van der Waals surface area contributed by atoms with Gasteiger partial charge in [0.25, 0.3) is 0 Å². The van der Waals surface area contributed by atoms with Crippen LogP contribution in [0.5, 0.6) is 0 Å². The highest BCUT2D eigenvalue weighted by atomic mass is 79.9. The Hall–Kier alpha value is -2.12. The molecule has 1 aliphatic heterocycles. The average molecular weight is 388 g/mol. The lowest BCUT2D eigenvalue weighted by Crippen LogP contribution is -2.36. The van der Waals surface area contributed by atoms with Gasteiger partial charge in [0, 0.05) is 35.6 Å². The van der Waals surface area contributed by atoms with Gasteiger partial charge >= 0.3 is 0 Å². The number of hydrogen-bond donors (Lipinski definition) is 1. The predicted octanol–water partition coefficient (Wildman–Crippen LogP) is 3.38. The molecular formula is C17H18BrN5O. The second-order valence-electron chi connectivity index (χ2n) is 5.74. The van der Waals surface area contributed by atoms with Gasteiger partial charge in [0.1, 0.15) is 5.82 Å². The van der Waals surface area contributed by atoms with E-state index in [0.29, 0.717) is 0 Å². The molecule has 4 heterocycles. The summed E-state index contributed by atoms with van der Waals surface area (Å²) >= 11 is 3.60. The van der Waals surface area contributed by atoms with Crippen LogP contribution in [-0.2, 0) is 4.74 Å². The number of fused-ring (bicyclic) bond motifs is 1. The highest BCUT2D eigenvalue weighted by molar-refractivity contribution is 9.10. The fourth-order valence-electron chi connectivity index (χ4n) is 2.88. The first kappa shape index (κ1) is 15.4. The van der Waals surface area contributed by atoms with Crippen molar-refractivity contribution < 1.29 is 4.74 Å². The highest BCUT2D eigenvalue weighted by Gasteiger charge is 2.12. The number of imidazole rings is 1. The number of morpholine rings is 1. The molecule has 0 atom stereocenters. The van der Waals surface area contributed by atoms with Crippen LogP contribution < -0.4 is 10.2 Å². The zero-order chi connectivity index (χ0) is 16.5. The van der Waals surface area contributed by atoms with Gasteiger partial charge in [-0.05, 0) is 41.1 Å². The lowest BCUT2D eigenvalue weighted by molar-refractivity contribution is 0.122. The Morgan fingerprint density at radius 1 is 1.21 bits per heavy atom. The minimum Gasteiger partial charge on any atom is -0.378 e. The van der Waals surface area contributed by atoms with E-state index in [1.165, 1.54) is 0 Å². The van der Waals surface area contributed by atoms with Crippen molar-refractivity contribution in [2.45, 2.75) is 6.92 Å². The maximum atomic E-state index is 5.39. The van der Waals surface area contributed by atoms with Crippen LogP contribution in [0.3, 0.4) is 0 Å². The van der Waals surface area contributed by atoms with Crippen molar-refractivity contribution >= 4 is 38.8 Å². The molecule has 1 fully saturated rings. The smallest absolute Gasteiger partial charge is 0.160 e. The molecule has 1 saturated heterocycles. The first-order chi connectivity index (χ1) is 11.7. The van der Waals surface area contributed by atoms with Crippen molar-refractivity contribution in [2.75, 3.05) is 36.5 Å². The summed E-state index contributed by atoms with van der Waals surface area (Å²) in [6.45, 7) is 5.42. The molecule has 3 aromatic heterocycles. The summed E-state index contributed by atoms with van der Waals surface area (Å²) in [5, 5.41) is 3.36. The van der Waals surface area contributed by atoms with Crippen molar-refractivity contribution in [1.82, 2.24) is 14.4 Å². The molecule has 24 heavy (non-hydrogen) atoms.